The molecular formula is C9H13NOS. The number of hydrogen-bond donors (Lipinski definition) is 1. The molecule has 1 N–H and O–H groups in total. The lowest BCUT2D eigenvalue weighted by molar-refractivity contribution is 0.0198. The number of hydrogen-bond acceptors (Lipinski definition) is 3. The van der Waals surface area contributed by atoms with Crippen molar-refractivity contribution in [3.05, 3.63) is 17.1 Å². The molecule has 1 fully saturated rings. The van der Waals surface area contributed by atoms with Crippen LogP contribution in [0, 0.1) is 5.92 Å². The Labute approximate surface area is 76.4 Å². The second kappa shape index (κ2) is 3.54. The average Bonchev–Trinajstić information content (AvgIpc) is 2.54. The first-order valence-corrected chi connectivity index (χ1v) is 5.21. The molecule has 3 heteroatoms. The molecule has 12 heavy (non-hydrogen) atoms. The van der Waals surface area contributed by atoms with Crippen LogP contribution in [0.5, 0.6) is 0 Å². The summed E-state index contributed by atoms with van der Waals surface area (Å²) in [7, 11) is 0. The maximum atomic E-state index is 9.32. The third-order valence-electron chi connectivity index (χ3n) is 2.63. The highest BCUT2D eigenvalue weighted by Crippen LogP contribution is 2.31. The molecule has 1 aliphatic carbocycles. The first kappa shape index (κ1) is 8.20. The Hall–Kier alpha value is -0.410. The molecule has 1 aromatic rings. The zero-order valence-corrected chi connectivity index (χ0v) is 7.76. The van der Waals surface area contributed by atoms with E-state index in [-0.39, 0.29) is 6.10 Å². The number of rotatable bonds is 3. The fourth-order valence-electron chi connectivity index (χ4n) is 1.59. The minimum absolute atomic E-state index is 0.0158. The molecule has 1 aliphatic rings. The maximum Gasteiger partial charge on any atom is 0.0568 e. The van der Waals surface area contributed by atoms with Crippen molar-refractivity contribution in [3.63, 3.8) is 0 Å². The van der Waals surface area contributed by atoms with Crippen LogP contribution < -0.4 is 0 Å². The van der Waals surface area contributed by atoms with E-state index in [2.05, 4.69) is 10.4 Å². The number of nitrogens with zero attached hydrogens (tertiary/aromatic N) is 1. The predicted octanol–water partition coefficient (Wildman–Crippen LogP) is 1.85. The molecule has 0 amide bonds. The molecule has 2 rings (SSSR count). The Morgan fingerprint density at radius 2 is 2.50 bits per heavy atom. The van der Waals surface area contributed by atoms with Gasteiger partial charge in [-0.2, -0.15) is 0 Å². The third kappa shape index (κ3) is 1.67. The van der Waals surface area contributed by atoms with E-state index in [1.165, 1.54) is 11.3 Å². The number of aromatic nitrogens is 1. The molecule has 0 aliphatic heterocycles. The summed E-state index contributed by atoms with van der Waals surface area (Å²) in [6.07, 6.45) is 6.26. The van der Waals surface area contributed by atoms with Crippen LogP contribution in [0.3, 0.4) is 0 Å². The monoisotopic (exact) mass is 183 g/mol. The van der Waals surface area contributed by atoms with Crippen LogP contribution in [0.4, 0.5) is 0 Å². The van der Waals surface area contributed by atoms with Gasteiger partial charge in [-0.3, -0.25) is 0 Å². The molecule has 1 aromatic heterocycles. The van der Waals surface area contributed by atoms with E-state index in [0.717, 1.165) is 19.3 Å². The highest BCUT2D eigenvalue weighted by Gasteiger charge is 2.27. The summed E-state index contributed by atoms with van der Waals surface area (Å²) < 4.78 is 4.04. The van der Waals surface area contributed by atoms with Gasteiger partial charge in [0.1, 0.15) is 0 Å². The van der Waals surface area contributed by atoms with E-state index in [0.29, 0.717) is 5.92 Å². The lowest BCUT2D eigenvalue weighted by atomic mass is 9.79. The van der Waals surface area contributed by atoms with Gasteiger partial charge in [-0.05, 0) is 49.2 Å². The van der Waals surface area contributed by atoms with E-state index < -0.39 is 0 Å². The van der Waals surface area contributed by atoms with Crippen LogP contribution >= 0.6 is 11.5 Å². The van der Waals surface area contributed by atoms with Crippen molar-refractivity contribution in [2.75, 3.05) is 0 Å². The predicted molar refractivity (Wildman–Crippen MR) is 49.2 cm³/mol. The van der Waals surface area contributed by atoms with Crippen molar-refractivity contribution in [3.8, 4) is 0 Å². The molecule has 66 valence electrons. The quantitative estimate of drug-likeness (QED) is 0.775. The summed E-state index contributed by atoms with van der Waals surface area (Å²) in [5.41, 5.74) is 0. The third-order valence-corrected chi connectivity index (χ3v) is 3.43. The lowest BCUT2D eigenvalue weighted by Crippen LogP contribution is -2.31. The first-order valence-electron chi connectivity index (χ1n) is 4.44. The number of aliphatic hydroxyl groups excluding tert-OH is 1. The Bertz CT molecular complexity index is 235. The molecule has 1 saturated carbocycles. The molecule has 2 atom stereocenters. The van der Waals surface area contributed by atoms with Crippen LogP contribution in [0.25, 0.3) is 0 Å². The van der Waals surface area contributed by atoms with Crippen LogP contribution in [0.1, 0.15) is 24.1 Å². The summed E-state index contributed by atoms with van der Waals surface area (Å²) in [5.74, 6) is 0.562. The zero-order chi connectivity index (χ0) is 8.39. The molecule has 2 nitrogen and oxygen atoms in total. The summed E-state index contributed by atoms with van der Waals surface area (Å²) >= 11 is 1.57. The fourth-order valence-corrected chi connectivity index (χ4v) is 2.17. The van der Waals surface area contributed by atoms with Crippen molar-refractivity contribution < 1.29 is 5.11 Å². The van der Waals surface area contributed by atoms with Crippen molar-refractivity contribution in [2.45, 2.75) is 31.8 Å². The Morgan fingerprint density at radius 3 is 3.00 bits per heavy atom. The van der Waals surface area contributed by atoms with Crippen molar-refractivity contribution >= 4 is 11.5 Å². The van der Waals surface area contributed by atoms with Crippen molar-refractivity contribution in [1.29, 1.82) is 0 Å². The Balaban J connectivity index is 1.75. The maximum absolute atomic E-state index is 9.32. The van der Waals surface area contributed by atoms with Gasteiger partial charge < -0.3 is 5.11 Å². The van der Waals surface area contributed by atoms with Crippen molar-refractivity contribution in [1.82, 2.24) is 4.37 Å². The van der Waals surface area contributed by atoms with Gasteiger partial charge in [-0.1, -0.05) is 0 Å². The van der Waals surface area contributed by atoms with E-state index in [9.17, 15) is 5.11 Å². The first-order chi connectivity index (χ1) is 5.86. The summed E-state index contributed by atoms with van der Waals surface area (Å²) in [5, 5.41) is 9.32. The van der Waals surface area contributed by atoms with Gasteiger partial charge in [-0.25, -0.2) is 4.37 Å². The van der Waals surface area contributed by atoms with E-state index >= 15 is 0 Å². The average molecular weight is 183 g/mol. The minimum Gasteiger partial charge on any atom is -0.393 e. The molecule has 0 radical (unpaired) electrons. The molecule has 0 spiro atoms. The zero-order valence-electron chi connectivity index (χ0n) is 6.94. The van der Waals surface area contributed by atoms with E-state index in [1.54, 1.807) is 11.5 Å². The summed E-state index contributed by atoms with van der Waals surface area (Å²) in [6, 6.07) is 2.07. The molecule has 0 saturated heterocycles. The van der Waals surface area contributed by atoms with Crippen molar-refractivity contribution in [2.24, 2.45) is 5.92 Å². The van der Waals surface area contributed by atoms with E-state index in [1.807, 2.05) is 6.20 Å². The SMILES string of the molecule is OC1CCC1CCc1ccns1. The van der Waals surface area contributed by atoms with Crippen LogP contribution in [0.2, 0.25) is 0 Å². The Kier molecular flexibility index (Phi) is 2.42. The number of aliphatic hydroxyl groups is 1. The smallest absolute Gasteiger partial charge is 0.0568 e. The van der Waals surface area contributed by atoms with Crippen LogP contribution in [-0.2, 0) is 6.42 Å². The normalized spacial score (nSPS) is 28.4. The largest absolute Gasteiger partial charge is 0.393 e. The Morgan fingerprint density at radius 1 is 1.58 bits per heavy atom. The van der Waals surface area contributed by atoms with Gasteiger partial charge in [-0.15, -0.1) is 0 Å². The summed E-state index contributed by atoms with van der Waals surface area (Å²) in [4.78, 5) is 1.34. The molecule has 0 aromatic carbocycles. The van der Waals surface area contributed by atoms with Gasteiger partial charge in [0.15, 0.2) is 0 Å². The van der Waals surface area contributed by atoms with Crippen LogP contribution in [0.15, 0.2) is 12.3 Å². The highest BCUT2D eigenvalue weighted by atomic mass is 32.1. The summed E-state index contributed by atoms with van der Waals surface area (Å²) in [6.45, 7) is 0. The highest BCUT2D eigenvalue weighted by molar-refractivity contribution is 7.05. The molecule has 2 unspecified atom stereocenters. The van der Waals surface area contributed by atoms with Gasteiger partial charge in [0.25, 0.3) is 0 Å². The topological polar surface area (TPSA) is 33.1 Å². The molecule has 1 heterocycles. The van der Waals surface area contributed by atoms with Gasteiger partial charge in [0.05, 0.1) is 6.10 Å². The second-order valence-corrected chi connectivity index (χ2v) is 4.34. The molecular weight excluding hydrogens is 170 g/mol. The lowest BCUT2D eigenvalue weighted by Gasteiger charge is -2.32. The van der Waals surface area contributed by atoms with Crippen LogP contribution in [-0.4, -0.2) is 15.6 Å². The van der Waals surface area contributed by atoms with E-state index in [4.69, 9.17) is 0 Å². The van der Waals surface area contributed by atoms with Gasteiger partial charge in [0.2, 0.25) is 0 Å². The second-order valence-electron chi connectivity index (χ2n) is 3.42. The van der Waals surface area contributed by atoms with Gasteiger partial charge in [0, 0.05) is 11.1 Å². The molecule has 0 bridgehead atoms. The standard InChI is InChI=1S/C9H13NOS/c11-9-4-2-7(9)1-3-8-5-6-10-12-8/h5-7,9,11H,1-4H2. The number of aryl methyl sites for hydroxylation is 1. The minimum atomic E-state index is -0.0158. The van der Waals surface area contributed by atoms with Gasteiger partial charge >= 0.3 is 0 Å². The fraction of sp³-hybridized carbons (Fsp3) is 0.667.